The number of hydrogen-bond donors (Lipinski definition) is 1. The normalized spacial score (nSPS) is 12.7. The van der Waals surface area contributed by atoms with Crippen molar-refractivity contribution >= 4 is 18.2 Å². The molecule has 0 amide bonds. The van der Waals surface area contributed by atoms with Crippen LogP contribution < -0.4 is 4.90 Å². The summed E-state index contributed by atoms with van der Waals surface area (Å²) in [5.41, 5.74) is 0. The molecule has 1 aromatic heterocycles. The lowest BCUT2D eigenvalue weighted by Crippen LogP contribution is -2.37. The van der Waals surface area contributed by atoms with Crippen LogP contribution in [0.15, 0.2) is 0 Å². The van der Waals surface area contributed by atoms with Gasteiger partial charge in [-0.15, -0.1) is 5.10 Å². The summed E-state index contributed by atoms with van der Waals surface area (Å²) in [7, 11) is 1.72. The summed E-state index contributed by atoms with van der Waals surface area (Å²) < 4.78 is 7.94. The minimum absolute atomic E-state index is 0.418. The lowest BCUT2D eigenvalue weighted by atomic mass is 10.2. The topological polar surface area (TPSA) is 46.1 Å². The van der Waals surface area contributed by atoms with E-state index in [0.717, 1.165) is 31.9 Å². The van der Waals surface area contributed by atoms with Gasteiger partial charge in [0.1, 0.15) is 0 Å². The Morgan fingerprint density at radius 3 is 2.78 bits per heavy atom. The second-order valence-electron chi connectivity index (χ2n) is 4.42. The summed E-state index contributed by atoms with van der Waals surface area (Å²) in [6, 6.07) is 0.418. The Morgan fingerprint density at radius 2 is 2.22 bits per heavy atom. The molecule has 6 heteroatoms. The second-order valence-corrected chi connectivity index (χ2v) is 4.81. The molecule has 1 atom stereocenters. The zero-order valence-electron chi connectivity index (χ0n) is 11.8. The molecule has 0 saturated heterocycles. The molecule has 0 saturated carbocycles. The summed E-state index contributed by atoms with van der Waals surface area (Å²) in [5.74, 6) is 0.924. The fraction of sp³-hybridized carbons (Fsp3) is 0.833. The van der Waals surface area contributed by atoms with Gasteiger partial charge in [-0.3, -0.25) is 4.57 Å². The van der Waals surface area contributed by atoms with E-state index in [1.807, 2.05) is 0 Å². The average molecular weight is 272 g/mol. The molecule has 0 aliphatic heterocycles. The molecule has 0 aliphatic carbocycles. The lowest BCUT2D eigenvalue weighted by molar-refractivity contribution is 0.202. The first-order chi connectivity index (χ1) is 8.65. The number of rotatable bonds is 8. The Kier molecular flexibility index (Phi) is 6.35. The number of nitrogens with zero attached hydrogens (tertiary/aromatic N) is 3. The van der Waals surface area contributed by atoms with Crippen molar-refractivity contribution < 1.29 is 4.74 Å². The molecule has 18 heavy (non-hydrogen) atoms. The molecule has 0 fully saturated rings. The zero-order valence-corrected chi connectivity index (χ0v) is 12.6. The molecule has 0 aliphatic rings. The van der Waals surface area contributed by atoms with Gasteiger partial charge in [0.05, 0.1) is 6.61 Å². The molecular formula is C12H24N4OS. The predicted molar refractivity (Wildman–Crippen MR) is 76.7 cm³/mol. The molecule has 1 aromatic rings. The van der Waals surface area contributed by atoms with E-state index in [1.54, 1.807) is 7.11 Å². The maximum atomic E-state index is 5.28. The fourth-order valence-electron chi connectivity index (χ4n) is 1.88. The van der Waals surface area contributed by atoms with E-state index in [9.17, 15) is 0 Å². The van der Waals surface area contributed by atoms with Crippen molar-refractivity contribution in [1.29, 1.82) is 0 Å². The molecular weight excluding hydrogens is 248 g/mol. The second kappa shape index (κ2) is 7.53. The van der Waals surface area contributed by atoms with Gasteiger partial charge in [0, 0.05) is 26.2 Å². The summed E-state index contributed by atoms with van der Waals surface area (Å²) >= 11 is 5.28. The van der Waals surface area contributed by atoms with Gasteiger partial charge in [-0.1, -0.05) is 13.8 Å². The van der Waals surface area contributed by atoms with Crippen LogP contribution in [0.4, 0.5) is 5.95 Å². The van der Waals surface area contributed by atoms with Crippen molar-refractivity contribution in [3.8, 4) is 0 Å². The van der Waals surface area contributed by atoms with E-state index in [0.29, 0.717) is 17.4 Å². The first-order valence-electron chi connectivity index (χ1n) is 6.56. The number of methoxy groups -OCH3 is 1. The number of anilines is 1. The van der Waals surface area contributed by atoms with Crippen molar-refractivity contribution in [3.63, 3.8) is 0 Å². The first-order valence-corrected chi connectivity index (χ1v) is 6.97. The number of ether oxygens (including phenoxy) is 1. The van der Waals surface area contributed by atoms with Gasteiger partial charge in [-0.25, -0.2) is 5.10 Å². The number of H-pyrrole nitrogens is 1. The highest BCUT2D eigenvalue weighted by Gasteiger charge is 2.18. The predicted octanol–water partition coefficient (Wildman–Crippen LogP) is 2.60. The van der Waals surface area contributed by atoms with Gasteiger partial charge >= 0.3 is 0 Å². The van der Waals surface area contributed by atoms with Crippen LogP contribution >= 0.6 is 12.2 Å². The van der Waals surface area contributed by atoms with Crippen LogP contribution in [0.25, 0.3) is 0 Å². The van der Waals surface area contributed by atoms with E-state index in [1.165, 1.54) is 0 Å². The van der Waals surface area contributed by atoms with E-state index < -0.39 is 0 Å². The molecule has 5 nitrogen and oxygen atoms in total. The Labute approximate surface area is 114 Å². The molecule has 1 N–H and O–H groups in total. The van der Waals surface area contributed by atoms with Gasteiger partial charge in [0.25, 0.3) is 0 Å². The molecule has 0 aromatic carbocycles. The Balaban J connectivity index is 3.00. The average Bonchev–Trinajstić information content (AvgIpc) is 2.72. The third-order valence-corrected chi connectivity index (χ3v) is 3.41. The smallest absolute Gasteiger partial charge is 0.226 e. The number of nitrogens with one attached hydrogen (secondary N) is 1. The van der Waals surface area contributed by atoms with Crippen LogP contribution in [-0.2, 0) is 11.3 Å². The number of aromatic amines is 1. The number of hydrogen-bond acceptors (Lipinski definition) is 4. The SMILES string of the molecule is CCCn1c(N(CCOC)C(C)CC)n[nH]c1=S. The number of aromatic nitrogens is 3. The Hall–Kier alpha value is -0.880. The molecule has 1 heterocycles. The highest BCUT2D eigenvalue weighted by atomic mass is 32.1. The van der Waals surface area contributed by atoms with Crippen molar-refractivity contribution in [2.45, 2.75) is 46.2 Å². The van der Waals surface area contributed by atoms with Crippen molar-refractivity contribution in [3.05, 3.63) is 4.77 Å². The molecule has 1 unspecified atom stereocenters. The van der Waals surface area contributed by atoms with Crippen molar-refractivity contribution in [2.24, 2.45) is 0 Å². The third-order valence-electron chi connectivity index (χ3n) is 3.10. The summed E-state index contributed by atoms with van der Waals surface area (Å²) in [5, 5.41) is 7.26. The van der Waals surface area contributed by atoms with Gasteiger partial charge in [0.15, 0.2) is 4.77 Å². The Morgan fingerprint density at radius 1 is 1.50 bits per heavy atom. The minimum Gasteiger partial charge on any atom is -0.383 e. The minimum atomic E-state index is 0.418. The maximum absolute atomic E-state index is 5.28. The van der Waals surface area contributed by atoms with Crippen LogP contribution in [0.3, 0.4) is 0 Å². The van der Waals surface area contributed by atoms with E-state index in [4.69, 9.17) is 17.0 Å². The first kappa shape index (κ1) is 15.2. The van der Waals surface area contributed by atoms with Gasteiger partial charge < -0.3 is 9.64 Å². The van der Waals surface area contributed by atoms with E-state index >= 15 is 0 Å². The molecule has 0 spiro atoms. The quantitative estimate of drug-likeness (QED) is 0.739. The van der Waals surface area contributed by atoms with E-state index in [-0.39, 0.29) is 0 Å². The van der Waals surface area contributed by atoms with Gasteiger partial charge in [-0.05, 0) is 32.0 Å². The van der Waals surface area contributed by atoms with Crippen molar-refractivity contribution in [1.82, 2.24) is 14.8 Å². The summed E-state index contributed by atoms with van der Waals surface area (Å²) in [6.07, 6.45) is 2.11. The summed E-state index contributed by atoms with van der Waals surface area (Å²) in [6.45, 7) is 8.93. The van der Waals surface area contributed by atoms with Crippen LogP contribution in [0.5, 0.6) is 0 Å². The molecule has 1 rings (SSSR count). The highest BCUT2D eigenvalue weighted by molar-refractivity contribution is 7.71. The van der Waals surface area contributed by atoms with E-state index in [2.05, 4.69) is 40.4 Å². The monoisotopic (exact) mass is 272 g/mol. The standard InChI is InChI=1S/C12H24N4OS/c1-5-7-16-11(13-14-12(16)18)15(8-9-17-4)10(3)6-2/h10H,5-9H2,1-4H3,(H,14,18). The molecule has 0 bridgehead atoms. The largest absolute Gasteiger partial charge is 0.383 e. The maximum Gasteiger partial charge on any atom is 0.226 e. The molecule has 0 radical (unpaired) electrons. The zero-order chi connectivity index (χ0) is 13.5. The Bertz CT molecular complexity index is 401. The summed E-state index contributed by atoms with van der Waals surface area (Å²) in [4.78, 5) is 2.26. The van der Waals surface area contributed by atoms with Gasteiger partial charge in [0.2, 0.25) is 5.95 Å². The third kappa shape index (κ3) is 3.55. The lowest BCUT2D eigenvalue weighted by Gasteiger charge is -2.29. The molecule has 104 valence electrons. The van der Waals surface area contributed by atoms with Crippen LogP contribution in [0.1, 0.15) is 33.6 Å². The highest BCUT2D eigenvalue weighted by Crippen LogP contribution is 2.16. The van der Waals surface area contributed by atoms with Crippen molar-refractivity contribution in [2.75, 3.05) is 25.2 Å². The van der Waals surface area contributed by atoms with Crippen LogP contribution in [0, 0.1) is 4.77 Å². The van der Waals surface area contributed by atoms with Gasteiger partial charge in [-0.2, -0.15) is 0 Å². The van der Waals surface area contributed by atoms with Crippen LogP contribution in [-0.4, -0.2) is 41.1 Å². The van der Waals surface area contributed by atoms with Crippen LogP contribution in [0.2, 0.25) is 0 Å². The fourth-order valence-corrected chi connectivity index (χ4v) is 2.10.